The maximum Gasteiger partial charge on any atom is 0.339 e. The maximum absolute atomic E-state index is 12.8. The van der Waals surface area contributed by atoms with Crippen LogP contribution in [0.2, 0.25) is 0 Å². The van der Waals surface area contributed by atoms with E-state index in [0.29, 0.717) is 24.7 Å². The van der Waals surface area contributed by atoms with Crippen molar-refractivity contribution in [2.24, 2.45) is 0 Å². The molecule has 0 bridgehead atoms. The Kier molecular flexibility index (Phi) is 7.59. The molecule has 0 saturated carbocycles. The van der Waals surface area contributed by atoms with Crippen LogP contribution in [-0.4, -0.2) is 45.3 Å². The lowest BCUT2D eigenvalue weighted by Gasteiger charge is -2.14. The Hall–Kier alpha value is -3.55. The van der Waals surface area contributed by atoms with Gasteiger partial charge < -0.3 is 24.3 Å². The number of amides is 1. The van der Waals surface area contributed by atoms with Crippen molar-refractivity contribution in [2.45, 2.75) is 13.8 Å². The molecule has 0 fully saturated rings. The summed E-state index contributed by atoms with van der Waals surface area (Å²) in [6.07, 6.45) is 0. The van der Waals surface area contributed by atoms with Gasteiger partial charge in [0.2, 0.25) is 0 Å². The van der Waals surface area contributed by atoms with Crippen LogP contribution in [0.5, 0.6) is 11.5 Å². The van der Waals surface area contributed by atoms with E-state index in [1.54, 1.807) is 18.2 Å². The first-order valence-electron chi connectivity index (χ1n) is 8.96. The second-order valence-corrected chi connectivity index (χ2v) is 5.73. The van der Waals surface area contributed by atoms with Crippen LogP contribution < -0.4 is 14.8 Å². The molecule has 8 nitrogen and oxygen atoms in total. The molecule has 2 aromatic carbocycles. The van der Waals surface area contributed by atoms with Gasteiger partial charge in [0.15, 0.2) is 11.5 Å². The van der Waals surface area contributed by atoms with E-state index in [-0.39, 0.29) is 22.4 Å². The minimum atomic E-state index is -0.654. The van der Waals surface area contributed by atoms with E-state index in [9.17, 15) is 14.4 Å². The predicted molar refractivity (Wildman–Crippen MR) is 106 cm³/mol. The van der Waals surface area contributed by atoms with Crippen molar-refractivity contribution in [1.29, 1.82) is 0 Å². The van der Waals surface area contributed by atoms with Gasteiger partial charge in [-0.3, -0.25) is 4.79 Å². The average molecular weight is 401 g/mol. The van der Waals surface area contributed by atoms with Crippen LogP contribution in [0.3, 0.4) is 0 Å². The zero-order valence-electron chi connectivity index (χ0n) is 16.7. The molecule has 0 atom stereocenters. The molecule has 0 aliphatic rings. The molecule has 0 radical (unpaired) electrons. The standard InChI is InChI=1S/C21H23NO7/c1-5-28-17-10-8-13(12-18(17)29-6-2)19(23)22-16-11-14(20(24)26-3)7-9-15(16)21(25)27-4/h7-12H,5-6H2,1-4H3,(H,22,23). The van der Waals surface area contributed by atoms with Crippen LogP contribution in [0.15, 0.2) is 36.4 Å². The molecular weight excluding hydrogens is 378 g/mol. The Bertz CT molecular complexity index is 908. The molecule has 1 N–H and O–H groups in total. The van der Waals surface area contributed by atoms with Gasteiger partial charge in [0.1, 0.15) is 0 Å². The molecule has 0 aliphatic carbocycles. The largest absolute Gasteiger partial charge is 0.490 e. The van der Waals surface area contributed by atoms with Crippen molar-refractivity contribution < 1.29 is 33.3 Å². The summed E-state index contributed by atoms with van der Waals surface area (Å²) in [4.78, 5) is 36.6. The number of anilines is 1. The highest BCUT2D eigenvalue weighted by Crippen LogP contribution is 2.29. The number of hydrogen-bond donors (Lipinski definition) is 1. The van der Waals surface area contributed by atoms with E-state index in [1.165, 1.54) is 32.4 Å². The van der Waals surface area contributed by atoms with E-state index in [2.05, 4.69) is 10.1 Å². The van der Waals surface area contributed by atoms with Gasteiger partial charge in [-0.15, -0.1) is 0 Å². The zero-order chi connectivity index (χ0) is 21.4. The number of hydrogen-bond acceptors (Lipinski definition) is 7. The number of esters is 2. The molecule has 0 aromatic heterocycles. The van der Waals surface area contributed by atoms with Crippen LogP contribution >= 0.6 is 0 Å². The lowest BCUT2D eigenvalue weighted by Crippen LogP contribution is -2.16. The molecular formula is C21H23NO7. The van der Waals surface area contributed by atoms with Gasteiger partial charge in [0.05, 0.1) is 44.2 Å². The first kappa shape index (κ1) is 21.7. The first-order valence-corrected chi connectivity index (χ1v) is 8.96. The van der Waals surface area contributed by atoms with Crippen LogP contribution in [0, 0.1) is 0 Å². The van der Waals surface area contributed by atoms with Crippen molar-refractivity contribution in [3.63, 3.8) is 0 Å². The van der Waals surface area contributed by atoms with Crippen LogP contribution in [0.4, 0.5) is 5.69 Å². The fourth-order valence-electron chi connectivity index (χ4n) is 2.57. The fourth-order valence-corrected chi connectivity index (χ4v) is 2.57. The summed E-state index contributed by atoms with van der Waals surface area (Å²) in [6, 6.07) is 8.91. The molecule has 2 rings (SSSR count). The molecule has 1 amide bonds. The second kappa shape index (κ2) is 10.1. The molecule has 0 unspecified atom stereocenters. The highest BCUT2D eigenvalue weighted by Gasteiger charge is 2.19. The Balaban J connectivity index is 2.39. The highest BCUT2D eigenvalue weighted by atomic mass is 16.5. The number of carbonyl (C=O) groups is 3. The van der Waals surface area contributed by atoms with E-state index >= 15 is 0 Å². The van der Waals surface area contributed by atoms with Gasteiger partial charge in [0.25, 0.3) is 5.91 Å². The summed E-state index contributed by atoms with van der Waals surface area (Å²) >= 11 is 0. The quantitative estimate of drug-likeness (QED) is 0.677. The Morgan fingerprint density at radius 1 is 0.793 bits per heavy atom. The second-order valence-electron chi connectivity index (χ2n) is 5.73. The van der Waals surface area contributed by atoms with Crippen LogP contribution in [-0.2, 0) is 9.47 Å². The van der Waals surface area contributed by atoms with Gasteiger partial charge in [-0.2, -0.15) is 0 Å². The molecule has 29 heavy (non-hydrogen) atoms. The van der Waals surface area contributed by atoms with Gasteiger partial charge in [0, 0.05) is 5.56 Å². The van der Waals surface area contributed by atoms with Crippen molar-refractivity contribution in [1.82, 2.24) is 0 Å². The lowest BCUT2D eigenvalue weighted by molar-refractivity contribution is 0.0587. The monoisotopic (exact) mass is 401 g/mol. The van der Waals surface area contributed by atoms with Crippen LogP contribution in [0.25, 0.3) is 0 Å². The predicted octanol–water partition coefficient (Wildman–Crippen LogP) is 3.31. The topological polar surface area (TPSA) is 100 Å². The number of ether oxygens (including phenoxy) is 4. The zero-order valence-corrected chi connectivity index (χ0v) is 16.7. The van der Waals surface area contributed by atoms with E-state index in [0.717, 1.165) is 0 Å². The summed E-state index contributed by atoms with van der Waals surface area (Å²) in [6.45, 7) is 4.52. The smallest absolute Gasteiger partial charge is 0.339 e. The minimum Gasteiger partial charge on any atom is -0.490 e. The number of methoxy groups -OCH3 is 2. The van der Waals surface area contributed by atoms with E-state index in [4.69, 9.17) is 14.2 Å². The summed E-state index contributed by atoms with van der Waals surface area (Å²) in [7, 11) is 2.47. The highest BCUT2D eigenvalue weighted by molar-refractivity contribution is 6.09. The summed E-state index contributed by atoms with van der Waals surface area (Å²) in [5, 5.41) is 2.64. The number of nitrogens with one attached hydrogen (secondary N) is 1. The number of benzene rings is 2. The summed E-state index contributed by atoms with van der Waals surface area (Å²) in [5.74, 6) is -0.802. The number of rotatable bonds is 8. The minimum absolute atomic E-state index is 0.101. The molecule has 154 valence electrons. The summed E-state index contributed by atoms with van der Waals surface area (Å²) in [5.41, 5.74) is 0.689. The maximum atomic E-state index is 12.8. The third kappa shape index (κ3) is 5.25. The fraction of sp³-hybridized carbons (Fsp3) is 0.286. The molecule has 8 heteroatoms. The molecule has 0 heterocycles. The lowest BCUT2D eigenvalue weighted by atomic mass is 10.1. The Morgan fingerprint density at radius 2 is 1.41 bits per heavy atom. The van der Waals surface area contributed by atoms with Crippen LogP contribution in [0.1, 0.15) is 44.9 Å². The summed E-state index contributed by atoms with van der Waals surface area (Å²) < 4.78 is 20.5. The molecule has 0 saturated heterocycles. The Morgan fingerprint density at radius 3 is 2.03 bits per heavy atom. The van der Waals surface area contributed by atoms with Crippen molar-refractivity contribution >= 4 is 23.5 Å². The first-order chi connectivity index (χ1) is 13.9. The van der Waals surface area contributed by atoms with Crippen molar-refractivity contribution in [3.8, 4) is 11.5 Å². The molecule has 2 aromatic rings. The van der Waals surface area contributed by atoms with Crippen molar-refractivity contribution in [2.75, 3.05) is 32.8 Å². The SMILES string of the molecule is CCOc1ccc(C(=O)Nc2cc(C(=O)OC)ccc2C(=O)OC)cc1OCC. The number of carbonyl (C=O) groups excluding carboxylic acids is 3. The van der Waals surface area contributed by atoms with Gasteiger partial charge in [-0.1, -0.05) is 0 Å². The normalized spacial score (nSPS) is 10.1. The third-order valence-corrected chi connectivity index (χ3v) is 3.90. The van der Waals surface area contributed by atoms with Gasteiger partial charge in [-0.05, 0) is 50.2 Å². The molecule has 0 aliphatic heterocycles. The van der Waals surface area contributed by atoms with E-state index in [1.807, 2.05) is 13.8 Å². The average Bonchev–Trinajstić information content (AvgIpc) is 2.74. The Labute approximate surface area is 168 Å². The van der Waals surface area contributed by atoms with Crippen molar-refractivity contribution in [3.05, 3.63) is 53.1 Å². The van der Waals surface area contributed by atoms with Gasteiger partial charge >= 0.3 is 11.9 Å². The third-order valence-electron chi connectivity index (χ3n) is 3.90. The molecule has 0 spiro atoms. The van der Waals surface area contributed by atoms with E-state index < -0.39 is 17.8 Å². The van der Waals surface area contributed by atoms with Gasteiger partial charge in [-0.25, -0.2) is 9.59 Å².